The van der Waals surface area contributed by atoms with Crippen molar-refractivity contribution in [1.82, 2.24) is 30.7 Å². The second kappa shape index (κ2) is 8.08. The number of carbonyl (C=O) groups is 1. The fourth-order valence-electron chi connectivity index (χ4n) is 3.68. The number of benzene rings is 1. The van der Waals surface area contributed by atoms with Crippen LogP contribution in [0.1, 0.15) is 28.9 Å². The Bertz CT molecular complexity index is 974. The third-order valence-corrected chi connectivity index (χ3v) is 5.08. The molecule has 146 valence electrons. The number of fused-ring (bicyclic) bond motifs is 1. The van der Waals surface area contributed by atoms with Crippen molar-refractivity contribution in [3.63, 3.8) is 0 Å². The minimum atomic E-state index is -0.116. The van der Waals surface area contributed by atoms with E-state index in [2.05, 4.69) is 36.8 Å². The maximum atomic E-state index is 12.8. The van der Waals surface area contributed by atoms with Crippen LogP contribution in [0.2, 0.25) is 0 Å². The van der Waals surface area contributed by atoms with Crippen molar-refractivity contribution < 1.29 is 4.79 Å². The van der Waals surface area contributed by atoms with E-state index in [9.17, 15) is 4.79 Å². The number of hydrogen-bond donors (Lipinski definition) is 3. The zero-order valence-electron chi connectivity index (χ0n) is 16.3. The van der Waals surface area contributed by atoms with Crippen LogP contribution in [0.3, 0.4) is 0 Å². The molecule has 3 heterocycles. The quantitative estimate of drug-likeness (QED) is 0.634. The van der Waals surface area contributed by atoms with E-state index < -0.39 is 0 Å². The van der Waals surface area contributed by atoms with E-state index >= 15 is 0 Å². The Morgan fingerprint density at radius 2 is 2.00 bits per heavy atom. The molecule has 4 rings (SSSR count). The standard InChI is InChI=1S/C21H26N6O/c1-27(2)13-14-9-16(12-23-11-14)15-3-4-19-18(10-15)20(26-25-19)21(28)24-17-5-7-22-8-6-17/h3-4,9-12,17,22H,5-8,13H2,1-2H3,(H,24,28)(H,25,26). The lowest BCUT2D eigenvalue weighted by Gasteiger charge is -2.23. The van der Waals surface area contributed by atoms with Crippen molar-refractivity contribution in [1.29, 1.82) is 0 Å². The van der Waals surface area contributed by atoms with Gasteiger partial charge in [0.15, 0.2) is 5.69 Å². The van der Waals surface area contributed by atoms with Crippen molar-refractivity contribution in [3.8, 4) is 11.1 Å². The number of carbonyl (C=O) groups excluding carboxylic acids is 1. The maximum Gasteiger partial charge on any atom is 0.272 e. The predicted molar refractivity (Wildman–Crippen MR) is 110 cm³/mol. The smallest absolute Gasteiger partial charge is 0.272 e. The summed E-state index contributed by atoms with van der Waals surface area (Å²) in [5.74, 6) is -0.116. The van der Waals surface area contributed by atoms with E-state index in [0.29, 0.717) is 5.69 Å². The Labute approximate surface area is 164 Å². The molecule has 7 nitrogen and oxygen atoms in total. The molecule has 3 aromatic rings. The van der Waals surface area contributed by atoms with Gasteiger partial charge in [-0.15, -0.1) is 0 Å². The molecule has 0 spiro atoms. The zero-order chi connectivity index (χ0) is 19.5. The Balaban J connectivity index is 1.62. The molecule has 28 heavy (non-hydrogen) atoms. The molecule has 2 aromatic heterocycles. The molecule has 1 saturated heterocycles. The lowest BCUT2D eigenvalue weighted by molar-refractivity contribution is 0.0926. The number of H-pyrrole nitrogens is 1. The summed E-state index contributed by atoms with van der Waals surface area (Å²) in [6.45, 7) is 2.71. The lowest BCUT2D eigenvalue weighted by atomic mass is 10.0. The topological polar surface area (TPSA) is 85.9 Å². The molecule has 1 aliphatic rings. The second-order valence-corrected chi connectivity index (χ2v) is 7.65. The highest BCUT2D eigenvalue weighted by molar-refractivity contribution is 6.05. The predicted octanol–water partition coefficient (Wildman–Crippen LogP) is 2.17. The third kappa shape index (κ3) is 4.05. The van der Waals surface area contributed by atoms with E-state index in [-0.39, 0.29) is 11.9 Å². The average Bonchev–Trinajstić information content (AvgIpc) is 3.12. The van der Waals surface area contributed by atoms with Gasteiger partial charge in [-0.2, -0.15) is 5.10 Å². The van der Waals surface area contributed by atoms with E-state index in [1.807, 2.05) is 44.7 Å². The summed E-state index contributed by atoms with van der Waals surface area (Å²) in [7, 11) is 4.08. The number of nitrogens with zero attached hydrogens (tertiary/aromatic N) is 3. The van der Waals surface area contributed by atoms with Crippen LogP contribution in [0, 0.1) is 0 Å². The molecule has 0 bridgehead atoms. The highest BCUT2D eigenvalue weighted by Crippen LogP contribution is 2.26. The number of rotatable bonds is 5. The fraction of sp³-hybridized carbons (Fsp3) is 0.381. The van der Waals surface area contributed by atoms with Crippen LogP contribution in [0.25, 0.3) is 22.0 Å². The fourth-order valence-corrected chi connectivity index (χ4v) is 3.68. The molecule has 3 N–H and O–H groups in total. The van der Waals surface area contributed by atoms with Crippen molar-refractivity contribution in [2.45, 2.75) is 25.4 Å². The van der Waals surface area contributed by atoms with E-state index in [1.54, 1.807) is 0 Å². The first-order valence-corrected chi connectivity index (χ1v) is 9.69. The van der Waals surface area contributed by atoms with Crippen LogP contribution in [-0.2, 0) is 6.54 Å². The normalized spacial score (nSPS) is 15.2. The first kappa shape index (κ1) is 18.6. The third-order valence-electron chi connectivity index (χ3n) is 5.08. The molecular weight excluding hydrogens is 352 g/mol. The van der Waals surface area contributed by atoms with E-state index in [0.717, 1.165) is 60.1 Å². The van der Waals surface area contributed by atoms with Crippen LogP contribution in [0.5, 0.6) is 0 Å². The van der Waals surface area contributed by atoms with Crippen LogP contribution >= 0.6 is 0 Å². The van der Waals surface area contributed by atoms with Crippen molar-refractivity contribution >= 4 is 16.8 Å². The zero-order valence-corrected chi connectivity index (χ0v) is 16.3. The minimum Gasteiger partial charge on any atom is -0.348 e. The summed E-state index contributed by atoms with van der Waals surface area (Å²) < 4.78 is 0. The molecule has 0 aliphatic carbocycles. The number of pyridine rings is 1. The average molecular weight is 378 g/mol. The van der Waals surface area contributed by atoms with Gasteiger partial charge in [0.1, 0.15) is 0 Å². The van der Waals surface area contributed by atoms with Gasteiger partial charge in [0.2, 0.25) is 0 Å². The van der Waals surface area contributed by atoms with Crippen LogP contribution in [0.4, 0.5) is 0 Å². The number of aromatic nitrogens is 3. The van der Waals surface area contributed by atoms with Gasteiger partial charge >= 0.3 is 0 Å². The molecule has 1 aliphatic heterocycles. The highest BCUT2D eigenvalue weighted by atomic mass is 16.2. The first-order valence-electron chi connectivity index (χ1n) is 9.69. The molecule has 1 fully saturated rings. The number of aromatic amines is 1. The molecule has 1 aromatic carbocycles. The van der Waals surface area contributed by atoms with Gasteiger partial charge in [0, 0.05) is 35.9 Å². The SMILES string of the molecule is CN(C)Cc1cncc(-c2ccc3[nH]nc(C(=O)NC4CCNCC4)c3c2)c1. The van der Waals surface area contributed by atoms with Crippen molar-refractivity contribution in [3.05, 3.63) is 47.9 Å². The van der Waals surface area contributed by atoms with Crippen LogP contribution in [-0.4, -0.2) is 59.2 Å². The molecule has 0 unspecified atom stereocenters. The summed E-state index contributed by atoms with van der Waals surface area (Å²) in [5, 5.41) is 14.5. The maximum absolute atomic E-state index is 12.8. The van der Waals surface area contributed by atoms with Gasteiger partial charge in [-0.1, -0.05) is 6.07 Å². The van der Waals surface area contributed by atoms with Gasteiger partial charge in [-0.25, -0.2) is 0 Å². The highest BCUT2D eigenvalue weighted by Gasteiger charge is 2.20. The molecule has 0 radical (unpaired) electrons. The van der Waals surface area contributed by atoms with Crippen LogP contribution in [0.15, 0.2) is 36.7 Å². The Kier molecular flexibility index (Phi) is 5.36. The number of hydrogen-bond acceptors (Lipinski definition) is 5. The molecule has 7 heteroatoms. The van der Waals surface area contributed by atoms with E-state index in [4.69, 9.17) is 0 Å². The number of piperidine rings is 1. The summed E-state index contributed by atoms with van der Waals surface area (Å²) >= 11 is 0. The minimum absolute atomic E-state index is 0.116. The van der Waals surface area contributed by atoms with Gasteiger partial charge in [0.05, 0.1) is 5.52 Å². The number of nitrogens with one attached hydrogen (secondary N) is 3. The monoisotopic (exact) mass is 378 g/mol. The molecule has 1 amide bonds. The van der Waals surface area contributed by atoms with Gasteiger partial charge in [0.25, 0.3) is 5.91 Å². The summed E-state index contributed by atoms with van der Waals surface area (Å²) in [5.41, 5.74) is 4.52. The molecular formula is C21H26N6O. The Hall–Kier alpha value is -2.77. The van der Waals surface area contributed by atoms with Gasteiger partial charge in [-0.05, 0) is 69.4 Å². The largest absolute Gasteiger partial charge is 0.348 e. The number of amides is 1. The van der Waals surface area contributed by atoms with Gasteiger partial charge in [-0.3, -0.25) is 14.9 Å². The van der Waals surface area contributed by atoms with Crippen LogP contribution < -0.4 is 10.6 Å². The second-order valence-electron chi connectivity index (χ2n) is 7.65. The molecule has 0 atom stereocenters. The summed E-state index contributed by atoms with van der Waals surface area (Å²) in [6, 6.07) is 8.37. The lowest BCUT2D eigenvalue weighted by Crippen LogP contribution is -2.42. The summed E-state index contributed by atoms with van der Waals surface area (Å²) in [4.78, 5) is 19.3. The summed E-state index contributed by atoms with van der Waals surface area (Å²) in [6.07, 6.45) is 5.64. The first-order chi connectivity index (χ1) is 13.6. The van der Waals surface area contributed by atoms with E-state index in [1.165, 1.54) is 0 Å². The Morgan fingerprint density at radius 3 is 2.79 bits per heavy atom. The molecule has 0 saturated carbocycles. The van der Waals surface area contributed by atoms with Gasteiger partial charge < -0.3 is 15.5 Å². The van der Waals surface area contributed by atoms with Crippen molar-refractivity contribution in [2.75, 3.05) is 27.2 Å². The Morgan fingerprint density at radius 1 is 1.18 bits per heavy atom. The van der Waals surface area contributed by atoms with Crippen molar-refractivity contribution in [2.24, 2.45) is 0 Å².